The summed E-state index contributed by atoms with van der Waals surface area (Å²) >= 11 is 15.8. The van der Waals surface area contributed by atoms with Crippen molar-refractivity contribution in [3.63, 3.8) is 0 Å². The molecule has 9 unspecified atom stereocenters. The molecule has 33 nitrogen and oxygen atoms in total. The number of anilines is 3. The number of hydrogen-bond acceptors (Lipinski definition) is 24. The Balaban J connectivity index is 2.35. The molecule has 100 heavy (non-hydrogen) atoms. The first kappa shape index (κ1) is 93.1. The van der Waals surface area contributed by atoms with Gasteiger partial charge in [0.25, 0.3) is 53.2 Å². The van der Waals surface area contributed by atoms with Crippen LogP contribution in [0, 0.1) is 38.0 Å². The maximum Gasteiger partial charge on any atom is 0.256 e. The molecule has 0 aromatic heterocycles. The molecule has 0 aliphatic heterocycles. The highest BCUT2D eigenvalue weighted by Gasteiger charge is 2.38. The van der Waals surface area contributed by atoms with Gasteiger partial charge in [-0.3, -0.25) is 43.2 Å². The summed E-state index contributed by atoms with van der Waals surface area (Å²) in [6, 6.07) is 0. The molecule has 42 heteroatoms. The van der Waals surface area contributed by atoms with Crippen LogP contribution in [0.5, 0.6) is 0 Å². The molecular weight excluding hydrogens is 2350 g/mol. The number of carbonyl (C=O) groups is 9. The number of nitrogens with zero attached hydrogens (tertiary/aromatic N) is 6. The van der Waals surface area contributed by atoms with Crippen molar-refractivity contribution in [1.29, 1.82) is 0 Å². The van der Waals surface area contributed by atoms with Crippen molar-refractivity contribution in [3.8, 4) is 0 Å². The minimum atomic E-state index is -2.19. The van der Waals surface area contributed by atoms with E-state index in [-0.39, 0.29) is 141 Å². The van der Waals surface area contributed by atoms with Crippen LogP contribution in [0.2, 0.25) is 0 Å². The fourth-order valence-electron chi connectivity index (χ4n) is 9.24. The lowest BCUT2D eigenvalue weighted by molar-refractivity contribution is -0.131. The number of amides is 9. The van der Waals surface area contributed by atoms with Gasteiger partial charge < -0.3 is 122 Å². The fraction of sp³-hybridized carbons (Fsp3) is 0.534. The van der Waals surface area contributed by atoms with Gasteiger partial charge in [-0.1, -0.05) is 0 Å². The number of aliphatic hydroxyl groups excluding tert-OH is 15. The summed E-state index contributed by atoms with van der Waals surface area (Å²) in [6.45, 7) is -6.75. The van der Waals surface area contributed by atoms with Crippen LogP contribution in [0.15, 0.2) is 0 Å². The molecule has 0 fully saturated rings. The first-order valence-corrected chi connectivity index (χ1v) is 39.2. The van der Waals surface area contributed by atoms with Gasteiger partial charge in [0, 0.05) is 92.3 Å². The van der Waals surface area contributed by atoms with Crippen molar-refractivity contribution in [3.05, 3.63) is 65.5 Å². The Hall–Kier alpha value is -1.14. The Morgan fingerprint density at radius 1 is 0.300 bits per heavy atom. The van der Waals surface area contributed by atoms with Gasteiger partial charge in [-0.25, -0.2) is 0 Å². The Bertz CT molecular complexity index is 3150. The zero-order chi connectivity index (χ0) is 76.6. The molecule has 0 radical (unpaired) electrons. The molecule has 0 aliphatic rings. The van der Waals surface area contributed by atoms with Crippen LogP contribution < -0.4 is 16.0 Å². The SMILES string of the molecule is CN(CCC(CCN(C)C(=O)c1c(I)c(NC(=O)C(O)C(O)CO)c(I)c(C(=O)N(C)CC(O)CO)c1I)CCN(C)C(=O)c1c(I)c(NC(=O)C(O)C(O)CO)c(I)c(C(=O)N(C)CC(O)CO)c1I)C(=O)c1c(I)c(NC(=O)C(O)C(O)CO)c(I)c(C(=O)N(C)CC(O)CO)c1I. The molecule has 0 saturated carbocycles. The second kappa shape index (κ2) is 43.2. The van der Waals surface area contributed by atoms with Gasteiger partial charge in [0.2, 0.25) is 0 Å². The Morgan fingerprint density at radius 2 is 0.480 bits per heavy atom. The summed E-state index contributed by atoms with van der Waals surface area (Å²) < 4.78 is 0.498. The monoisotopic (exact) mass is 2420 g/mol. The third kappa shape index (κ3) is 23.7. The highest BCUT2D eigenvalue weighted by molar-refractivity contribution is 14.1. The summed E-state index contributed by atoms with van der Waals surface area (Å²) in [6.07, 6.45) is -16.4. The zero-order valence-corrected chi connectivity index (χ0v) is 73.3. The molecular formula is C58H76I9N9O24. The van der Waals surface area contributed by atoms with E-state index >= 15 is 14.4 Å². The normalized spacial score (nSPS) is 14.5. The van der Waals surface area contributed by atoms with E-state index in [4.69, 9.17) is 0 Å². The minimum absolute atomic E-state index is 0.0512. The van der Waals surface area contributed by atoms with Gasteiger partial charge in [0.1, 0.15) is 18.3 Å². The first-order valence-electron chi connectivity index (χ1n) is 29.4. The second-order valence-corrected chi connectivity index (χ2v) is 32.4. The maximum absolute atomic E-state index is 15.1. The molecule has 0 heterocycles. The highest BCUT2D eigenvalue weighted by atomic mass is 127. The lowest BCUT2D eigenvalue weighted by atomic mass is 9.96. The molecule has 3 rings (SSSR count). The quantitative estimate of drug-likeness (QED) is 0.0303. The predicted octanol–water partition coefficient (Wildman–Crippen LogP) is -1.24. The standard InChI is InChI=1S/C58H76I9N9O24/c1-71(53(95)29-35(59)32(56(98)74(4)13-23(83)16-77)41(65)44(38(29)62)68-50(92)47(89)26(86)19-80)10-7-22(8-11-72(2)54(96)30-36(60)33(57(99)75(5)14-24(84)17-78)42(66)45(39(30)63)69-51(93)48(90)27(87)20-81)9-12-73(3)55(97)31-37(61)34(58(100)76(6)15-25(85)18-79)43(67)46(40(31)64)70-52(94)49(91)28(88)21-82/h22-28,47-49,77-91H,7-21H2,1-6H3,(H,68,92)(H,69,93)(H,70,94). The van der Waals surface area contributed by atoms with E-state index in [2.05, 4.69) is 16.0 Å². The average molecular weight is 2430 g/mol. The molecule has 0 saturated heterocycles. The topological polar surface area (TPSA) is 513 Å². The Kier molecular flexibility index (Phi) is 40.2. The van der Waals surface area contributed by atoms with Crippen molar-refractivity contribution >= 4 is 274 Å². The predicted molar refractivity (Wildman–Crippen MR) is 435 cm³/mol. The number of rotatable bonds is 36. The smallest absolute Gasteiger partial charge is 0.256 e. The lowest BCUT2D eigenvalue weighted by Crippen LogP contribution is -2.41. The summed E-state index contributed by atoms with van der Waals surface area (Å²) in [5.41, 5.74) is -1.36. The largest absolute Gasteiger partial charge is 0.394 e. The first-order chi connectivity index (χ1) is 46.6. The number of carbonyl (C=O) groups excluding carboxylic acids is 9. The Morgan fingerprint density at radius 3 is 0.650 bits per heavy atom. The van der Waals surface area contributed by atoms with Crippen molar-refractivity contribution in [2.75, 3.05) is 137 Å². The lowest BCUT2D eigenvalue weighted by Gasteiger charge is -2.29. The number of aliphatic hydroxyl groups is 15. The van der Waals surface area contributed by atoms with Crippen molar-refractivity contribution in [2.24, 2.45) is 5.92 Å². The average Bonchev–Trinajstić information content (AvgIpc) is 0.774. The summed E-state index contributed by atoms with van der Waals surface area (Å²) in [5.74, 6) is -8.82. The number of benzene rings is 3. The molecule has 9 amide bonds. The Labute approximate surface area is 696 Å². The van der Waals surface area contributed by atoms with E-state index in [0.717, 1.165) is 14.7 Å². The molecule has 560 valence electrons. The molecule has 0 spiro atoms. The number of hydrogen-bond donors (Lipinski definition) is 18. The van der Waals surface area contributed by atoms with E-state index in [9.17, 15) is 105 Å². The van der Waals surface area contributed by atoms with Crippen LogP contribution >= 0.6 is 203 Å². The molecule has 0 bridgehead atoms. The second-order valence-electron chi connectivity index (χ2n) is 22.7. The van der Waals surface area contributed by atoms with E-state index in [1.54, 1.807) is 203 Å². The van der Waals surface area contributed by atoms with Crippen molar-refractivity contribution in [1.82, 2.24) is 29.4 Å². The van der Waals surface area contributed by atoms with Gasteiger partial charge >= 0.3 is 0 Å². The van der Waals surface area contributed by atoms with Crippen molar-refractivity contribution in [2.45, 2.75) is 74.2 Å². The highest BCUT2D eigenvalue weighted by Crippen LogP contribution is 2.41. The zero-order valence-electron chi connectivity index (χ0n) is 53.8. The molecule has 9 atom stereocenters. The van der Waals surface area contributed by atoms with Gasteiger partial charge in [-0.2, -0.15) is 0 Å². The summed E-state index contributed by atoms with van der Waals surface area (Å²) in [5, 5.41) is 158. The van der Waals surface area contributed by atoms with E-state index in [1.807, 2.05) is 0 Å². The van der Waals surface area contributed by atoms with E-state index in [1.165, 1.54) is 57.0 Å². The molecule has 3 aromatic carbocycles. The number of nitrogens with one attached hydrogen (secondary N) is 3. The third-order valence-electron chi connectivity index (χ3n) is 15.2. The van der Waals surface area contributed by atoms with Gasteiger partial charge in [-0.15, -0.1) is 0 Å². The van der Waals surface area contributed by atoms with Crippen LogP contribution in [0.1, 0.15) is 81.4 Å². The number of halogens is 9. The van der Waals surface area contributed by atoms with Gasteiger partial charge in [0.05, 0.1) is 130 Å². The van der Waals surface area contributed by atoms with Crippen LogP contribution in [0.4, 0.5) is 17.1 Å². The van der Waals surface area contributed by atoms with Crippen LogP contribution in [0.3, 0.4) is 0 Å². The fourth-order valence-corrected chi connectivity index (χ4v) is 22.3. The van der Waals surface area contributed by atoms with Crippen LogP contribution in [-0.4, -0.2) is 335 Å². The minimum Gasteiger partial charge on any atom is -0.394 e. The van der Waals surface area contributed by atoms with E-state index < -0.39 is 154 Å². The molecule has 3 aromatic rings. The summed E-state index contributed by atoms with van der Waals surface area (Å²) in [7, 11) is 8.20. The van der Waals surface area contributed by atoms with Crippen LogP contribution in [0.25, 0.3) is 0 Å². The maximum atomic E-state index is 15.1. The molecule has 18 N–H and O–H groups in total. The summed E-state index contributed by atoms with van der Waals surface area (Å²) in [4.78, 5) is 135. The van der Waals surface area contributed by atoms with Crippen molar-refractivity contribution < 1.29 is 120 Å². The van der Waals surface area contributed by atoms with Gasteiger partial charge in [-0.05, 0) is 228 Å². The number of likely N-dealkylation sites (N-methyl/N-ethyl adjacent to an activating group) is 3. The van der Waals surface area contributed by atoms with Gasteiger partial charge in [0.15, 0.2) is 18.3 Å². The van der Waals surface area contributed by atoms with Crippen LogP contribution in [-0.2, 0) is 14.4 Å². The molecule has 0 aliphatic carbocycles. The van der Waals surface area contributed by atoms with E-state index in [0.29, 0.717) is 0 Å². The third-order valence-corrected chi connectivity index (χ3v) is 24.9.